The van der Waals surface area contributed by atoms with Crippen LogP contribution in [0.25, 0.3) is 0 Å². The molecule has 1 aromatic rings. The molecule has 1 atom stereocenters. The normalized spacial score (nSPS) is 23.5. The number of piperidine rings is 1. The smallest absolute Gasteiger partial charge is 0.256 e. The van der Waals surface area contributed by atoms with Crippen molar-refractivity contribution in [1.29, 1.82) is 0 Å². The minimum Gasteiger partial charge on any atom is -0.508 e. The van der Waals surface area contributed by atoms with Crippen LogP contribution in [0.4, 0.5) is 4.39 Å². The van der Waals surface area contributed by atoms with Gasteiger partial charge in [-0.3, -0.25) is 4.79 Å². The largest absolute Gasteiger partial charge is 0.508 e. The average molecular weight is 292 g/mol. The Bertz CT molecular complexity index is 521. The lowest BCUT2D eigenvalue weighted by atomic mass is 9.88. The maximum atomic E-state index is 13.8. The Morgan fingerprint density at radius 3 is 2.67 bits per heavy atom. The first-order chi connectivity index (χ1) is 10.1. The van der Waals surface area contributed by atoms with E-state index in [1.165, 1.54) is 25.0 Å². The Hall–Kier alpha value is -1.62. The first-order valence-electron chi connectivity index (χ1n) is 7.66. The van der Waals surface area contributed by atoms with Crippen molar-refractivity contribution in [2.75, 3.05) is 19.6 Å². The number of hydrogen-bond donors (Lipinski definition) is 2. The number of nitrogens with zero attached hydrogens (tertiary/aromatic N) is 1. The van der Waals surface area contributed by atoms with Crippen molar-refractivity contribution in [3.63, 3.8) is 0 Å². The van der Waals surface area contributed by atoms with E-state index in [2.05, 4.69) is 5.32 Å². The number of likely N-dealkylation sites (tertiary alicyclic amines) is 1. The molecule has 2 heterocycles. The summed E-state index contributed by atoms with van der Waals surface area (Å²) in [6.07, 6.45) is 4.42. The van der Waals surface area contributed by atoms with Crippen LogP contribution in [-0.2, 0) is 0 Å². The number of rotatable bonds is 2. The summed E-state index contributed by atoms with van der Waals surface area (Å²) in [5.41, 5.74) is 0.0465. The molecule has 114 valence electrons. The maximum absolute atomic E-state index is 13.8. The molecule has 2 aliphatic heterocycles. The molecule has 2 saturated heterocycles. The quantitative estimate of drug-likeness (QED) is 0.878. The van der Waals surface area contributed by atoms with Crippen molar-refractivity contribution in [3.05, 3.63) is 29.6 Å². The van der Waals surface area contributed by atoms with Crippen molar-refractivity contribution in [2.45, 2.75) is 31.7 Å². The molecule has 0 aromatic heterocycles. The second kappa shape index (κ2) is 6.02. The van der Waals surface area contributed by atoms with Crippen LogP contribution in [0.15, 0.2) is 18.2 Å². The molecule has 2 aliphatic rings. The highest BCUT2D eigenvalue weighted by atomic mass is 19.1. The number of hydrogen-bond acceptors (Lipinski definition) is 3. The molecule has 0 bridgehead atoms. The standard InChI is InChI=1S/C16H21FN2O2/c17-14-10-12(20)3-4-13(14)16(21)19-8-5-11(6-9-19)15-2-1-7-18-15/h3-4,10-11,15,18,20H,1-2,5-9H2. The molecule has 3 rings (SSSR count). The second-order valence-electron chi connectivity index (χ2n) is 6.00. The number of carbonyl (C=O) groups excluding carboxylic acids is 1. The highest BCUT2D eigenvalue weighted by Gasteiger charge is 2.30. The van der Waals surface area contributed by atoms with Crippen LogP contribution in [0.1, 0.15) is 36.0 Å². The topological polar surface area (TPSA) is 52.6 Å². The Morgan fingerprint density at radius 2 is 2.05 bits per heavy atom. The van der Waals surface area contributed by atoms with E-state index in [-0.39, 0.29) is 17.2 Å². The molecule has 0 aliphatic carbocycles. The van der Waals surface area contributed by atoms with Crippen LogP contribution in [0.2, 0.25) is 0 Å². The van der Waals surface area contributed by atoms with E-state index in [9.17, 15) is 14.3 Å². The predicted octanol–water partition coefficient (Wildman–Crippen LogP) is 2.14. The summed E-state index contributed by atoms with van der Waals surface area (Å²) >= 11 is 0. The molecule has 0 radical (unpaired) electrons. The lowest BCUT2D eigenvalue weighted by molar-refractivity contribution is 0.0669. The van der Waals surface area contributed by atoms with Crippen LogP contribution in [0.3, 0.4) is 0 Å². The summed E-state index contributed by atoms with van der Waals surface area (Å²) in [4.78, 5) is 14.1. The van der Waals surface area contributed by atoms with Crippen molar-refractivity contribution >= 4 is 5.91 Å². The summed E-state index contributed by atoms with van der Waals surface area (Å²) in [5, 5.41) is 12.7. The van der Waals surface area contributed by atoms with Crippen LogP contribution in [0.5, 0.6) is 5.75 Å². The van der Waals surface area contributed by atoms with Gasteiger partial charge in [0, 0.05) is 25.2 Å². The molecule has 2 N–H and O–H groups in total. The van der Waals surface area contributed by atoms with Gasteiger partial charge in [-0.05, 0) is 50.3 Å². The first-order valence-corrected chi connectivity index (χ1v) is 7.66. The molecule has 1 aromatic carbocycles. The third-order valence-electron chi connectivity index (χ3n) is 4.68. The van der Waals surface area contributed by atoms with E-state index in [0.29, 0.717) is 25.0 Å². The second-order valence-corrected chi connectivity index (χ2v) is 6.00. The van der Waals surface area contributed by atoms with Crippen LogP contribution < -0.4 is 5.32 Å². The highest BCUT2D eigenvalue weighted by Crippen LogP contribution is 2.27. The van der Waals surface area contributed by atoms with Gasteiger partial charge in [-0.25, -0.2) is 4.39 Å². The predicted molar refractivity (Wildman–Crippen MR) is 77.7 cm³/mol. The molecular weight excluding hydrogens is 271 g/mol. The number of phenols is 1. The summed E-state index contributed by atoms with van der Waals surface area (Å²) in [6.45, 7) is 2.46. The number of aromatic hydroxyl groups is 1. The maximum Gasteiger partial charge on any atom is 0.256 e. The van der Waals surface area contributed by atoms with E-state index in [1.807, 2.05) is 0 Å². The van der Waals surface area contributed by atoms with Gasteiger partial charge in [-0.2, -0.15) is 0 Å². The lowest BCUT2D eigenvalue weighted by Crippen LogP contribution is -2.43. The fourth-order valence-electron chi connectivity index (χ4n) is 3.47. The third-order valence-corrected chi connectivity index (χ3v) is 4.68. The van der Waals surface area contributed by atoms with Gasteiger partial charge in [0.2, 0.25) is 0 Å². The van der Waals surface area contributed by atoms with E-state index in [4.69, 9.17) is 0 Å². The number of amides is 1. The van der Waals surface area contributed by atoms with Gasteiger partial charge in [0.25, 0.3) is 5.91 Å². The van der Waals surface area contributed by atoms with E-state index in [0.717, 1.165) is 25.5 Å². The zero-order chi connectivity index (χ0) is 14.8. The van der Waals surface area contributed by atoms with Gasteiger partial charge in [0.1, 0.15) is 11.6 Å². The molecule has 5 heteroatoms. The van der Waals surface area contributed by atoms with E-state index >= 15 is 0 Å². The number of carbonyl (C=O) groups is 1. The first kappa shape index (κ1) is 14.3. The number of phenolic OH excluding ortho intramolecular Hbond substituents is 1. The number of halogens is 1. The van der Waals surface area contributed by atoms with Gasteiger partial charge in [-0.15, -0.1) is 0 Å². The number of nitrogens with one attached hydrogen (secondary N) is 1. The minimum atomic E-state index is -0.653. The molecular formula is C16H21FN2O2. The van der Waals surface area contributed by atoms with Crippen LogP contribution >= 0.6 is 0 Å². The average Bonchev–Trinajstić information content (AvgIpc) is 3.01. The van der Waals surface area contributed by atoms with E-state index < -0.39 is 5.82 Å². The molecule has 2 fully saturated rings. The van der Waals surface area contributed by atoms with Gasteiger partial charge in [0.15, 0.2) is 0 Å². The SMILES string of the molecule is O=C(c1ccc(O)cc1F)N1CCC(C2CCCN2)CC1. The summed E-state index contributed by atoms with van der Waals surface area (Å²) in [6, 6.07) is 4.29. The van der Waals surface area contributed by atoms with E-state index in [1.54, 1.807) is 4.90 Å². The third kappa shape index (κ3) is 3.02. The Kier molecular flexibility index (Phi) is 4.10. The Balaban J connectivity index is 1.62. The Labute approximate surface area is 124 Å². The number of benzene rings is 1. The fraction of sp³-hybridized carbons (Fsp3) is 0.562. The molecule has 21 heavy (non-hydrogen) atoms. The Morgan fingerprint density at radius 1 is 1.29 bits per heavy atom. The van der Waals surface area contributed by atoms with Gasteiger partial charge in [-0.1, -0.05) is 0 Å². The summed E-state index contributed by atoms with van der Waals surface area (Å²) < 4.78 is 13.8. The van der Waals surface area contributed by atoms with Crippen molar-refractivity contribution in [2.24, 2.45) is 5.92 Å². The van der Waals surface area contributed by atoms with Crippen molar-refractivity contribution in [1.82, 2.24) is 10.2 Å². The molecule has 1 amide bonds. The fourth-order valence-corrected chi connectivity index (χ4v) is 3.47. The molecule has 0 saturated carbocycles. The molecule has 1 unspecified atom stereocenters. The van der Waals surface area contributed by atoms with Gasteiger partial charge < -0.3 is 15.3 Å². The van der Waals surface area contributed by atoms with Crippen molar-refractivity contribution in [3.8, 4) is 5.75 Å². The van der Waals surface area contributed by atoms with Gasteiger partial charge >= 0.3 is 0 Å². The van der Waals surface area contributed by atoms with Gasteiger partial charge in [0.05, 0.1) is 5.56 Å². The highest BCUT2D eigenvalue weighted by molar-refractivity contribution is 5.94. The molecule has 4 nitrogen and oxygen atoms in total. The lowest BCUT2D eigenvalue weighted by Gasteiger charge is -2.35. The monoisotopic (exact) mass is 292 g/mol. The van der Waals surface area contributed by atoms with Crippen molar-refractivity contribution < 1.29 is 14.3 Å². The summed E-state index contributed by atoms with van der Waals surface area (Å²) in [5.74, 6) is -0.457. The van der Waals surface area contributed by atoms with Crippen LogP contribution in [0, 0.1) is 11.7 Å². The summed E-state index contributed by atoms with van der Waals surface area (Å²) in [7, 11) is 0. The van der Waals surface area contributed by atoms with Crippen LogP contribution in [-0.4, -0.2) is 41.6 Å². The molecule has 0 spiro atoms. The zero-order valence-electron chi connectivity index (χ0n) is 12.0. The zero-order valence-corrected chi connectivity index (χ0v) is 12.0. The minimum absolute atomic E-state index is 0.0465.